The summed E-state index contributed by atoms with van der Waals surface area (Å²) < 4.78 is 11.3. The Balaban J connectivity index is 2.57. The number of unbranched alkanes of at least 4 members (excludes halogenated alkanes) is 10. The second-order valence-electron chi connectivity index (χ2n) is 8.82. The fraction of sp³-hybridized carbons (Fsp3) is 0.741. The molecule has 0 aliphatic rings. The van der Waals surface area contributed by atoms with Crippen molar-refractivity contribution in [2.45, 2.75) is 117 Å². The average molecular weight is 434 g/mol. The summed E-state index contributed by atoms with van der Waals surface area (Å²) in [5.41, 5.74) is 3.37. The summed E-state index contributed by atoms with van der Waals surface area (Å²) in [6.45, 7) is 9.20. The van der Waals surface area contributed by atoms with Crippen molar-refractivity contribution in [1.82, 2.24) is 5.32 Å². The van der Waals surface area contributed by atoms with Gasteiger partial charge in [0.2, 0.25) is 0 Å². The van der Waals surface area contributed by atoms with Gasteiger partial charge in [0.15, 0.2) is 0 Å². The summed E-state index contributed by atoms with van der Waals surface area (Å²) in [5.74, 6) is 0.851. The average Bonchev–Trinajstić information content (AvgIpc) is 2.74. The molecule has 1 unspecified atom stereocenters. The van der Waals surface area contributed by atoms with Crippen molar-refractivity contribution in [2.75, 3.05) is 13.7 Å². The van der Waals surface area contributed by atoms with Crippen molar-refractivity contribution in [1.29, 1.82) is 0 Å². The first-order valence-electron chi connectivity index (χ1n) is 12.6. The van der Waals surface area contributed by atoms with E-state index in [1.807, 2.05) is 12.1 Å². The first-order valence-corrected chi connectivity index (χ1v) is 12.6. The van der Waals surface area contributed by atoms with Crippen LogP contribution >= 0.6 is 0 Å². The van der Waals surface area contributed by atoms with E-state index in [4.69, 9.17) is 9.47 Å². The maximum Gasteiger partial charge on any atom is 0.407 e. The van der Waals surface area contributed by atoms with Gasteiger partial charge in [-0.2, -0.15) is 0 Å². The second-order valence-corrected chi connectivity index (χ2v) is 8.82. The predicted octanol–water partition coefficient (Wildman–Crippen LogP) is 8.19. The van der Waals surface area contributed by atoms with E-state index in [1.54, 1.807) is 7.11 Å². The molecule has 1 aromatic rings. The van der Waals surface area contributed by atoms with Crippen molar-refractivity contribution >= 4 is 6.09 Å². The van der Waals surface area contributed by atoms with Crippen LogP contribution in [0.15, 0.2) is 12.1 Å². The summed E-state index contributed by atoms with van der Waals surface area (Å²) in [6, 6.07) is 4.07. The number of hydrogen-bond acceptors (Lipinski definition) is 3. The molecule has 1 N–H and O–H groups in total. The number of benzene rings is 1. The van der Waals surface area contributed by atoms with Crippen LogP contribution in [0.1, 0.15) is 120 Å². The minimum atomic E-state index is -0.305. The zero-order valence-corrected chi connectivity index (χ0v) is 20.9. The van der Waals surface area contributed by atoms with Crippen molar-refractivity contribution < 1.29 is 14.3 Å². The Bertz CT molecular complexity index is 591. The van der Waals surface area contributed by atoms with Gasteiger partial charge in [-0.1, -0.05) is 78.1 Å². The molecule has 31 heavy (non-hydrogen) atoms. The maximum absolute atomic E-state index is 12.4. The Morgan fingerprint density at radius 3 is 1.87 bits per heavy atom. The molecular formula is C27H47NO3. The molecule has 1 atom stereocenters. The molecular weight excluding hydrogens is 386 g/mol. The zero-order chi connectivity index (χ0) is 22.9. The smallest absolute Gasteiger partial charge is 0.407 e. The number of carbonyl (C=O) groups is 1. The molecule has 1 rings (SSSR count). The molecule has 0 bridgehead atoms. The van der Waals surface area contributed by atoms with Crippen LogP contribution in [0, 0.1) is 13.8 Å². The van der Waals surface area contributed by atoms with E-state index in [0.29, 0.717) is 6.54 Å². The number of methoxy groups -OCH3 is 1. The number of ether oxygens (including phenoxy) is 2. The lowest BCUT2D eigenvalue weighted by molar-refractivity contribution is 0.0900. The molecule has 0 heterocycles. The van der Waals surface area contributed by atoms with Crippen LogP contribution in [0.2, 0.25) is 0 Å². The van der Waals surface area contributed by atoms with E-state index >= 15 is 0 Å². The summed E-state index contributed by atoms with van der Waals surface area (Å²) in [4.78, 5) is 12.4. The fourth-order valence-corrected chi connectivity index (χ4v) is 4.18. The van der Waals surface area contributed by atoms with E-state index in [9.17, 15) is 4.79 Å². The molecule has 0 aromatic heterocycles. The van der Waals surface area contributed by atoms with Crippen molar-refractivity contribution in [3.63, 3.8) is 0 Å². The van der Waals surface area contributed by atoms with Crippen LogP contribution in [0.4, 0.5) is 4.79 Å². The number of nitrogens with one attached hydrogen (secondary N) is 1. The Morgan fingerprint density at radius 1 is 0.839 bits per heavy atom. The largest absolute Gasteiger partial charge is 0.497 e. The highest BCUT2D eigenvalue weighted by atomic mass is 16.6. The number of rotatable bonds is 17. The molecule has 4 heteroatoms. The van der Waals surface area contributed by atoms with E-state index in [2.05, 4.69) is 33.0 Å². The Morgan fingerprint density at radius 2 is 1.35 bits per heavy atom. The highest BCUT2D eigenvalue weighted by Crippen LogP contribution is 2.32. The SMILES string of the molecule is CCCCCCCCCCCCC(OC(=O)NCCCC)c1c(C)cc(OC)cc1C. The normalized spacial score (nSPS) is 11.9. The van der Waals surface area contributed by atoms with Crippen LogP contribution in [0.5, 0.6) is 5.75 Å². The van der Waals surface area contributed by atoms with E-state index in [0.717, 1.165) is 48.1 Å². The first-order chi connectivity index (χ1) is 15.0. The predicted molar refractivity (Wildman–Crippen MR) is 131 cm³/mol. The molecule has 0 fully saturated rings. The van der Waals surface area contributed by atoms with E-state index in [-0.39, 0.29) is 12.2 Å². The van der Waals surface area contributed by atoms with Crippen LogP contribution in [0.25, 0.3) is 0 Å². The van der Waals surface area contributed by atoms with Gasteiger partial charge in [-0.3, -0.25) is 0 Å². The van der Waals surface area contributed by atoms with Crippen molar-refractivity contribution in [2.24, 2.45) is 0 Å². The molecule has 1 aromatic carbocycles. The summed E-state index contributed by atoms with van der Waals surface area (Å²) in [5, 5.41) is 2.90. The van der Waals surface area contributed by atoms with Gasteiger partial charge in [0.05, 0.1) is 7.11 Å². The first kappa shape index (κ1) is 27.3. The quantitative estimate of drug-likeness (QED) is 0.252. The number of amides is 1. The van der Waals surface area contributed by atoms with Crippen LogP contribution in [-0.2, 0) is 4.74 Å². The van der Waals surface area contributed by atoms with E-state index in [1.165, 1.54) is 57.8 Å². The lowest BCUT2D eigenvalue weighted by Gasteiger charge is -2.23. The number of carbonyl (C=O) groups excluding carboxylic acids is 1. The lowest BCUT2D eigenvalue weighted by Crippen LogP contribution is -2.27. The maximum atomic E-state index is 12.4. The van der Waals surface area contributed by atoms with Gasteiger partial charge in [0.1, 0.15) is 11.9 Å². The van der Waals surface area contributed by atoms with Gasteiger partial charge in [-0.25, -0.2) is 4.79 Å². The van der Waals surface area contributed by atoms with Crippen LogP contribution in [-0.4, -0.2) is 19.7 Å². The minimum Gasteiger partial charge on any atom is -0.497 e. The molecule has 1 amide bonds. The lowest BCUT2D eigenvalue weighted by atomic mass is 9.93. The number of hydrogen-bond donors (Lipinski definition) is 1. The highest BCUT2D eigenvalue weighted by molar-refractivity contribution is 5.67. The molecule has 0 spiro atoms. The van der Waals surface area contributed by atoms with Gasteiger partial charge < -0.3 is 14.8 Å². The molecule has 0 saturated carbocycles. The molecule has 178 valence electrons. The van der Waals surface area contributed by atoms with Gasteiger partial charge in [0, 0.05) is 6.54 Å². The van der Waals surface area contributed by atoms with Crippen molar-refractivity contribution in [3.8, 4) is 5.75 Å². The minimum absolute atomic E-state index is 0.207. The molecule has 0 aliphatic carbocycles. The zero-order valence-electron chi connectivity index (χ0n) is 20.9. The third kappa shape index (κ3) is 11.5. The standard InChI is InChI=1S/C27H47NO3/c1-6-8-10-11-12-13-14-15-16-17-18-25(31-27(29)28-19-9-7-2)26-22(3)20-24(30-5)21-23(26)4/h20-21,25H,6-19H2,1-5H3,(H,28,29). The second kappa shape index (κ2) is 16.9. The number of aryl methyl sites for hydroxylation is 2. The third-order valence-electron chi connectivity index (χ3n) is 5.99. The third-order valence-corrected chi connectivity index (χ3v) is 5.99. The summed E-state index contributed by atoms with van der Waals surface area (Å²) >= 11 is 0. The Labute approximate surface area is 191 Å². The Hall–Kier alpha value is -1.71. The summed E-state index contributed by atoms with van der Waals surface area (Å²) in [7, 11) is 1.69. The monoisotopic (exact) mass is 433 g/mol. The topological polar surface area (TPSA) is 47.6 Å². The van der Waals surface area contributed by atoms with Crippen LogP contribution in [0.3, 0.4) is 0 Å². The van der Waals surface area contributed by atoms with Gasteiger partial charge in [0.25, 0.3) is 0 Å². The molecule has 0 saturated heterocycles. The molecule has 0 radical (unpaired) electrons. The van der Waals surface area contributed by atoms with Crippen LogP contribution < -0.4 is 10.1 Å². The van der Waals surface area contributed by atoms with E-state index < -0.39 is 0 Å². The van der Waals surface area contributed by atoms with Crippen molar-refractivity contribution in [3.05, 3.63) is 28.8 Å². The molecule has 4 nitrogen and oxygen atoms in total. The van der Waals surface area contributed by atoms with Gasteiger partial charge >= 0.3 is 6.09 Å². The summed E-state index contributed by atoms with van der Waals surface area (Å²) in [6.07, 6.45) is 15.4. The highest BCUT2D eigenvalue weighted by Gasteiger charge is 2.21. The fourth-order valence-electron chi connectivity index (χ4n) is 4.18. The molecule has 0 aliphatic heterocycles. The Kier molecular flexibility index (Phi) is 14.9. The number of alkyl carbamates (subject to hydrolysis) is 1. The van der Waals surface area contributed by atoms with Gasteiger partial charge in [-0.05, 0) is 61.9 Å². The van der Waals surface area contributed by atoms with Gasteiger partial charge in [-0.15, -0.1) is 0 Å².